The van der Waals surface area contributed by atoms with Gasteiger partial charge in [-0.25, -0.2) is 4.79 Å². The Morgan fingerprint density at radius 3 is 2.38 bits per heavy atom. The van der Waals surface area contributed by atoms with Crippen LogP contribution >= 0.6 is 0 Å². The van der Waals surface area contributed by atoms with Crippen molar-refractivity contribution in [2.75, 3.05) is 11.9 Å². The molecular weight excluding hydrogens is 268 g/mol. The molecule has 21 heavy (non-hydrogen) atoms. The highest BCUT2D eigenvalue weighted by atomic mass is 16.3. The first-order valence-corrected chi connectivity index (χ1v) is 7.26. The number of hydrogen-bond acceptors (Lipinski definition) is 4. The van der Waals surface area contributed by atoms with Crippen LogP contribution in [0.15, 0.2) is 12.1 Å². The molecule has 0 spiro atoms. The van der Waals surface area contributed by atoms with E-state index in [-0.39, 0.29) is 30.0 Å². The highest BCUT2D eigenvalue weighted by molar-refractivity contribution is 5.88. The molecule has 0 aromatic carbocycles. The summed E-state index contributed by atoms with van der Waals surface area (Å²) in [6.45, 7) is 10.2. The molecule has 3 N–H and O–H groups in total. The molecule has 0 aliphatic carbocycles. The van der Waals surface area contributed by atoms with Gasteiger partial charge in [-0.3, -0.25) is 5.32 Å². The topological polar surface area (TPSA) is 87.1 Å². The van der Waals surface area contributed by atoms with Gasteiger partial charge in [0.05, 0.1) is 5.69 Å². The number of anilines is 1. The van der Waals surface area contributed by atoms with Crippen molar-refractivity contribution >= 4 is 11.8 Å². The molecule has 0 saturated carbocycles. The first kappa shape index (κ1) is 17.4. The van der Waals surface area contributed by atoms with Crippen molar-refractivity contribution in [3.05, 3.63) is 17.8 Å². The van der Waals surface area contributed by atoms with Gasteiger partial charge in [-0.2, -0.15) is 5.10 Å². The first-order valence-electron chi connectivity index (χ1n) is 7.26. The molecule has 0 fully saturated rings. The number of hydrogen-bond donors (Lipinski definition) is 3. The van der Waals surface area contributed by atoms with Gasteiger partial charge < -0.3 is 10.4 Å². The van der Waals surface area contributed by atoms with Crippen molar-refractivity contribution in [2.24, 2.45) is 5.92 Å². The molecule has 0 aliphatic rings. The van der Waals surface area contributed by atoms with Crippen LogP contribution in [0.2, 0.25) is 0 Å². The summed E-state index contributed by atoms with van der Waals surface area (Å²) in [4.78, 5) is 11.9. The lowest BCUT2D eigenvalue weighted by Crippen LogP contribution is -2.41. The minimum Gasteiger partial charge on any atom is -0.396 e. The van der Waals surface area contributed by atoms with E-state index in [1.54, 1.807) is 6.07 Å². The van der Waals surface area contributed by atoms with E-state index in [0.717, 1.165) is 5.69 Å². The molecule has 0 radical (unpaired) electrons. The predicted molar refractivity (Wildman–Crippen MR) is 83.2 cm³/mol. The van der Waals surface area contributed by atoms with Crippen molar-refractivity contribution in [3.8, 4) is 0 Å². The Bertz CT molecular complexity index is 452. The van der Waals surface area contributed by atoms with Crippen LogP contribution in [-0.4, -0.2) is 34.0 Å². The molecule has 0 aliphatic heterocycles. The summed E-state index contributed by atoms with van der Waals surface area (Å²) in [5.41, 5.74) is 0.797. The zero-order valence-corrected chi connectivity index (χ0v) is 13.5. The number of aliphatic hydroxyl groups excluding tert-OH is 1. The van der Waals surface area contributed by atoms with Gasteiger partial charge in [0.2, 0.25) is 0 Å². The minimum absolute atomic E-state index is 0.0449. The third-order valence-electron chi connectivity index (χ3n) is 3.24. The monoisotopic (exact) mass is 294 g/mol. The number of carbonyl (C=O) groups excluding carboxylic acids is 1. The lowest BCUT2D eigenvalue weighted by Gasteiger charge is -2.21. The Labute approximate surface area is 126 Å². The molecule has 6 nitrogen and oxygen atoms in total. The molecule has 2 amide bonds. The molecular formula is C15H26N4O2. The third-order valence-corrected chi connectivity index (χ3v) is 3.24. The van der Waals surface area contributed by atoms with E-state index < -0.39 is 0 Å². The van der Waals surface area contributed by atoms with Gasteiger partial charge in [-0.1, -0.05) is 34.6 Å². The average Bonchev–Trinajstić information content (AvgIpc) is 2.37. The summed E-state index contributed by atoms with van der Waals surface area (Å²) in [6.07, 6.45) is 0.528. The first-order chi connectivity index (χ1) is 9.74. The Hall–Kier alpha value is -1.69. The normalized spacial score (nSPS) is 13.1. The molecule has 1 rings (SSSR count). The van der Waals surface area contributed by atoms with Crippen molar-refractivity contribution in [2.45, 2.75) is 52.5 Å². The van der Waals surface area contributed by atoms with Crippen LogP contribution in [0, 0.1) is 5.92 Å². The van der Waals surface area contributed by atoms with Crippen molar-refractivity contribution in [1.29, 1.82) is 0 Å². The summed E-state index contributed by atoms with van der Waals surface area (Å²) < 4.78 is 0. The number of rotatable bonds is 5. The molecule has 1 aromatic rings. The summed E-state index contributed by atoms with van der Waals surface area (Å²) >= 11 is 0. The van der Waals surface area contributed by atoms with Crippen molar-refractivity contribution in [1.82, 2.24) is 15.5 Å². The number of carbonyl (C=O) groups is 1. The number of aromatic nitrogens is 2. The van der Waals surface area contributed by atoms with Crippen molar-refractivity contribution < 1.29 is 9.90 Å². The average molecular weight is 294 g/mol. The van der Waals surface area contributed by atoms with Crippen molar-refractivity contribution in [3.63, 3.8) is 0 Å². The summed E-state index contributed by atoms with van der Waals surface area (Å²) in [5.74, 6) is 0.657. The predicted octanol–water partition coefficient (Wildman–Crippen LogP) is 2.30. The second-order valence-electron chi connectivity index (χ2n) is 6.52. The van der Waals surface area contributed by atoms with Crippen LogP contribution in [0.1, 0.15) is 46.7 Å². The van der Waals surface area contributed by atoms with Crippen LogP contribution in [0.4, 0.5) is 10.6 Å². The van der Waals surface area contributed by atoms with Gasteiger partial charge in [-0.15, -0.1) is 5.10 Å². The third kappa shape index (κ3) is 5.67. The van der Waals surface area contributed by atoms with Gasteiger partial charge in [0, 0.05) is 18.1 Å². The van der Waals surface area contributed by atoms with Gasteiger partial charge in [-0.05, 0) is 24.5 Å². The highest BCUT2D eigenvalue weighted by Crippen LogP contribution is 2.19. The Morgan fingerprint density at radius 2 is 1.95 bits per heavy atom. The maximum Gasteiger partial charge on any atom is 0.320 e. The molecule has 1 heterocycles. The highest BCUT2D eigenvalue weighted by Gasteiger charge is 2.18. The number of amides is 2. The molecule has 0 saturated heterocycles. The van der Waals surface area contributed by atoms with E-state index in [1.165, 1.54) is 0 Å². The quantitative estimate of drug-likeness (QED) is 0.777. The van der Waals surface area contributed by atoms with E-state index in [1.807, 2.05) is 19.9 Å². The fourth-order valence-corrected chi connectivity index (χ4v) is 1.83. The Balaban J connectivity index is 2.62. The number of urea groups is 1. The van der Waals surface area contributed by atoms with E-state index in [2.05, 4.69) is 41.6 Å². The lowest BCUT2D eigenvalue weighted by molar-refractivity contribution is 0.227. The SMILES string of the molecule is CC(C)C(CCO)NC(=O)Nc1ccc(C(C)(C)C)nn1. The van der Waals surface area contributed by atoms with Crippen LogP contribution in [-0.2, 0) is 5.41 Å². The van der Waals surface area contributed by atoms with Gasteiger partial charge in [0.25, 0.3) is 0 Å². The maximum absolute atomic E-state index is 11.9. The van der Waals surface area contributed by atoms with Gasteiger partial charge >= 0.3 is 6.03 Å². The molecule has 1 aromatic heterocycles. The minimum atomic E-state index is -0.333. The summed E-state index contributed by atoms with van der Waals surface area (Å²) in [6, 6.07) is 3.19. The van der Waals surface area contributed by atoms with Crippen LogP contribution in [0.3, 0.4) is 0 Å². The van der Waals surface area contributed by atoms with Gasteiger partial charge in [0.1, 0.15) is 0 Å². The van der Waals surface area contributed by atoms with E-state index >= 15 is 0 Å². The van der Waals surface area contributed by atoms with E-state index in [4.69, 9.17) is 5.11 Å². The smallest absolute Gasteiger partial charge is 0.320 e. The molecule has 1 unspecified atom stereocenters. The number of aliphatic hydroxyl groups is 1. The fourth-order valence-electron chi connectivity index (χ4n) is 1.83. The lowest BCUT2D eigenvalue weighted by atomic mass is 9.92. The largest absolute Gasteiger partial charge is 0.396 e. The van der Waals surface area contributed by atoms with Crippen LogP contribution in [0.5, 0.6) is 0 Å². The van der Waals surface area contributed by atoms with Crippen LogP contribution in [0.25, 0.3) is 0 Å². The zero-order chi connectivity index (χ0) is 16.0. The Kier molecular flexibility index (Phi) is 6.08. The number of nitrogens with one attached hydrogen (secondary N) is 2. The molecule has 118 valence electrons. The fraction of sp³-hybridized carbons (Fsp3) is 0.667. The summed E-state index contributed by atoms with van der Waals surface area (Å²) in [7, 11) is 0. The van der Waals surface area contributed by atoms with E-state index in [0.29, 0.717) is 12.2 Å². The second-order valence-corrected chi connectivity index (χ2v) is 6.52. The maximum atomic E-state index is 11.9. The standard InChI is InChI=1S/C15H26N4O2/c1-10(2)11(8-9-20)16-14(21)17-13-7-6-12(18-19-13)15(3,4)5/h6-7,10-11,20H,8-9H2,1-5H3,(H2,16,17,19,21). The Morgan fingerprint density at radius 1 is 1.29 bits per heavy atom. The molecule has 0 bridgehead atoms. The molecule has 1 atom stereocenters. The van der Waals surface area contributed by atoms with E-state index in [9.17, 15) is 4.79 Å². The second kappa shape index (κ2) is 7.36. The number of nitrogens with zero attached hydrogens (tertiary/aromatic N) is 2. The zero-order valence-electron chi connectivity index (χ0n) is 13.5. The van der Waals surface area contributed by atoms with Gasteiger partial charge in [0.15, 0.2) is 5.82 Å². The molecule has 6 heteroatoms. The van der Waals surface area contributed by atoms with Crippen LogP contribution < -0.4 is 10.6 Å². The summed E-state index contributed by atoms with van der Waals surface area (Å²) in [5, 5.41) is 22.6.